The molecule has 1 unspecified atom stereocenters. The summed E-state index contributed by atoms with van der Waals surface area (Å²) in [5.74, 6) is -2.23. The number of carbonyl (C=O) groups excluding carboxylic acids is 1. The number of amides is 1. The van der Waals surface area contributed by atoms with E-state index in [1.54, 1.807) is 19.9 Å². The van der Waals surface area contributed by atoms with E-state index < -0.39 is 23.9 Å². The molecule has 52 heavy (non-hydrogen) atoms. The third-order valence-electron chi connectivity index (χ3n) is 9.37. The van der Waals surface area contributed by atoms with E-state index in [2.05, 4.69) is 112 Å². The van der Waals surface area contributed by atoms with Crippen molar-refractivity contribution in [2.75, 3.05) is 11.4 Å². The molecule has 5 rings (SSSR count). The van der Waals surface area contributed by atoms with Gasteiger partial charge in [0, 0.05) is 17.4 Å². The highest BCUT2D eigenvalue weighted by Gasteiger charge is 2.34. The smallest absolute Gasteiger partial charge is 0.323 e. The molecular formula is C42H51IN2O5S2. The number of hydrogen-bond donors (Lipinski definition) is 2. The van der Waals surface area contributed by atoms with Gasteiger partial charge in [0.15, 0.2) is 0 Å². The zero-order valence-corrected chi connectivity index (χ0v) is 35.1. The van der Waals surface area contributed by atoms with Crippen LogP contribution in [0, 0.1) is 10.8 Å². The molecule has 2 heterocycles. The first-order valence-corrected chi connectivity index (χ1v) is 18.8. The number of thiocarbonyl (C=S) groups is 1. The molecule has 0 bridgehead atoms. The van der Waals surface area contributed by atoms with Gasteiger partial charge in [-0.3, -0.25) is 19.3 Å². The molecule has 1 saturated heterocycles. The van der Waals surface area contributed by atoms with Gasteiger partial charge in [-0.1, -0.05) is 119 Å². The molecule has 0 radical (unpaired) electrons. The Morgan fingerprint density at radius 1 is 0.904 bits per heavy atom. The van der Waals surface area contributed by atoms with E-state index in [0.717, 1.165) is 63.1 Å². The Morgan fingerprint density at radius 3 is 2.04 bits per heavy atom. The zero-order valence-electron chi connectivity index (χ0n) is 31.1. The van der Waals surface area contributed by atoms with Gasteiger partial charge in [0.25, 0.3) is 5.91 Å². The minimum atomic E-state index is -1.10. The summed E-state index contributed by atoms with van der Waals surface area (Å²) in [5, 5.41) is 18.5. The number of halogens is 1. The Balaban J connectivity index is 0.00000139. The molecule has 10 heteroatoms. The van der Waals surface area contributed by atoms with Gasteiger partial charge in [0.05, 0.1) is 10.3 Å². The molecule has 0 spiro atoms. The van der Waals surface area contributed by atoms with Crippen molar-refractivity contribution in [2.45, 2.75) is 86.6 Å². The number of unbranched alkanes of at least 4 members (excludes halogenated alkanes) is 1. The summed E-state index contributed by atoms with van der Waals surface area (Å²) in [5.41, 5.74) is 6.82. The number of nitrogens with zero attached hydrogens (tertiary/aromatic N) is 2. The maximum Gasteiger partial charge on any atom is 0.323 e. The molecule has 0 aliphatic carbocycles. The molecular weight excluding hydrogens is 804 g/mol. The number of thioether (sulfide) groups is 1. The number of aliphatic carboxylic acids is 2. The highest BCUT2D eigenvalue weighted by atomic mass is 127. The maximum absolute atomic E-state index is 12.7. The second-order valence-corrected chi connectivity index (χ2v) is 16.3. The van der Waals surface area contributed by atoms with E-state index >= 15 is 0 Å². The van der Waals surface area contributed by atoms with Crippen molar-refractivity contribution < 1.29 is 24.6 Å². The van der Waals surface area contributed by atoms with E-state index in [-0.39, 0.29) is 45.7 Å². The molecule has 1 atom stereocenters. The number of carbonyl (C=O) groups is 3. The average molecular weight is 855 g/mol. The van der Waals surface area contributed by atoms with Crippen LogP contribution in [-0.2, 0) is 20.8 Å². The van der Waals surface area contributed by atoms with Crippen LogP contribution in [0.25, 0.3) is 23.3 Å². The van der Waals surface area contributed by atoms with E-state index in [4.69, 9.17) is 17.3 Å². The number of allylic oxidation sites excluding steroid dienone is 1. The first-order valence-electron chi connectivity index (χ1n) is 17.6. The molecule has 1 fully saturated rings. The summed E-state index contributed by atoms with van der Waals surface area (Å²) in [6.07, 6.45) is 11.0. The minimum absolute atomic E-state index is 0. The Hall–Kier alpha value is -3.48. The van der Waals surface area contributed by atoms with Crippen LogP contribution in [0.15, 0.2) is 77.7 Å². The Kier molecular flexibility index (Phi) is 15.3. The zero-order chi connectivity index (χ0) is 37.5. The fraction of sp³-hybridized carbons (Fsp3) is 0.381. The van der Waals surface area contributed by atoms with Crippen LogP contribution in [0.1, 0.15) is 90.8 Å². The number of carboxylic acids is 2. The lowest BCUT2D eigenvalue weighted by Crippen LogP contribution is -2.33. The molecule has 2 N–H and O–H groups in total. The Labute approximate surface area is 335 Å². The summed E-state index contributed by atoms with van der Waals surface area (Å²) in [4.78, 5) is 39.2. The Bertz CT molecular complexity index is 1810. The van der Waals surface area contributed by atoms with Crippen molar-refractivity contribution in [1.29, 1.82) is 0 Å². The summed E-state index contributed by atoms with van der Waals surface area (Å²) in [6.45, 7) is 14.0. The van der Waals surface area contributed by atoms with Gasteiger partial charge < -0.3 is 15.1 Å². The fourth-order valence-electron chi connectivity index (χ4n) is 5.81. The van der Waals surface area contributed by atoms with E-state index in [1.807, 2.05) is 6.07 Å². The first-order chi connectivity index (χ1) is 24.0. The van der Waals surface area contributed by atoms with Gasteiger partial charge in [-0.15, -0.1) is 24.0 Å². The topological polar surface area (TPSA) is 98.2 Å². The molecule has 7 nitrogen and oxygen atoms in total. The van der Waals surface area contributed by atoms with Crippen molar-refractivity contribution in [2.24, 2.45) is 10.8 Å². The lowest BCUT2D eigenvalue weighted by molar-refractivity contribution is -0.147. The minimum Gasteiger partial charge on any atom is -0.481 e. The van der Waals surface area contributed by atoms with Crippen LogP contribution >= 0.6 is 48.0 Å². The lowest BCUT2D eigenvalue weighted by Gasteiger charge is -2.26. The van der Waals surface area contributed by atoms with Crippen molar-refractivity contribution in [1.82, 2.24) is 4.90 Å². The number of rotatable bonds is 12. The third kappa shape index (κ3) is 11.0. The maximum atomic E-state index is 12.7. The van der Waals surface area contributed by atoms with Crippen LogP contribution in [0.5, 0.6) is 0 Å². The summed E-state index contributed by atoms with van der Waals surface area (Å²) < 4.78 is 0.260. The molecule has 1 amide bonds. The van der Waals surface area contributed by atoms with Crippen LogP contribution in [-0.4, -0.2) is 49.9 Å². The lowest BCUT2D eigenvalue weighted by atomic mass is 9.78. The number of fused-ring (bicyclic) bond motifs is 1. The predicted molar refractivity (Wildman–Crippen MR) is 231 cm³/mol. The van der Waals surface area contributed by atoms with Gasteiger partial charge in [0.2, 0.25) is 0 Å². The van der Waals surface area contributed by atoms with E-state index in [9.17, 15) is 19.5 Å². The molecule has 278 valence electrons. The summed E-state index contributed by atoms with van der Waals surface area (Å²) >= 11 is 6.36. The Morgan fingerprint density at radius 2 is 1.48 bits per heavy atom. The molecule has 2 aliphatic rings. The molecule has 0 aromatic heterocycles. The second kappa shape index (κ2) is 18.5. The molecule has 2 aliphatic heterocycles. The second-order valence-electron chi connectivity index (χ2n) is 14.7. The highest BCUT2D eigenvalue weighted by Crippen LogP contribution is 2.41. The number of carboxylic acid groups (broad SMARTS) is 2. The van der Waals surface area contributed by atoms with Gasteiger partial charge in [-0.2, -0.15) is 0 Å². The van der Waals surface area contributed by atoms with Gasteiger partial charge in [-0.05, 0) is 104 Å². The molecule has 3 aromatic rings. The van der Waals surface area contributed by atoms with E-state index in [0.29, 0.717) is 11.3 Å². The first kappa shape index (κ1) is 42.9. The molecule has 3 aromatic carbocycles. The van der Waals surface area contributed by atoms with Crippen LogP contribution in [0.2, 0.25) is 0 Å². The molecule has 0 saturated carbocycles. The largest absolute Gasteiger partial charge is 0.481 e. The van der Waals surface area contributed by atoms with Crippen molar-refractivity contribution in [3.8, 4) is 11.1 Å². The highest BCUT2D eigenvalue weighted by molar-refractivity contribution is 14.0. The van der Waals surface area contributed by atoms with Crippen LogP contribution < -0.4 is 4.90 Å². The number of benzene rings is 3. The van der Waals surface area contributed by atoms with Crippen LogP contribution in [0.3, 0.4) is 0 Å². The number of anilines is 2. The van der Waals surface area contributed by atoms with E-state index in [1.165, 1.54) is 18.4 Å². The number of hydrogen-bond acceptors (Lipinski definition) is 6. The SMILES string of the molecule is CC1Cc2cc(/C=C3\SC(=S)N(CC(=O)O)C3=O)ccc2N1c1ccc(-c2ccc(C=CC(C)(C)CCC(C)(C)C(=O)O)cc2)cc1.CCCC.I. The third-order valence-corrected chi connectivity index (χ3v) is 10.8. The average Bonchev–Trinajstić information content (AvgIpc) is 3.56. The van der Waals surface area contributed by atoms with Gasteiger partial charge in [0.1, 0.15) is 10.9 Å². The van der Waals surface area contributed by atoms with Crippen molar-refractivity contribution >= 4 is 93.6 Å². The normalized spacial score (nSPS) is 16.5. The van der Waals surface area contributed by atoms with Crippen molar-refractivity contribution in [3.05, 3.63) is 94.4 Å². The fourth-order valence-corrected chi connectivity index (χ4v) is 7.06. The summed E-state index contributed by atoms with van der Waals surface area (Å²) in [7, 11) is 0. The summed E-state index contributed by atoms with van der Waals surface area (Å²) in [6, 6.07) is 23.5. The quantitative estimate of drug-likeness (QED) is 0.106. The van der Waals surface area contributed by atoms with Gasteiger partial charge >= 0.3 is 11.9 Å². The van der Waals surface area contributed by atoms with Gasteiger partial charge in [-0.25, -0.2) is 0 Å². The standard InChI is InChI=1S/C38H40N2O5S2.C4H10.HI/c1-24-20-29-21-26(22-32-34(43)39(23-33(41)42)36(46)47-32)8-15-31(29)40(24)30-13-11-28(12-14-30)27-9-6-25(7-10-27)16-17-37(2,3)18-19-38(4,5)35(44)45;1-3-4-2;/h6-17,21-22,24H,18-20,23H2,1-5H3,(H,41,42)(H,44,45);3-4H2,1-2H3;1H/b17-16?,32-22-;;. The van der Waals surface area contributed by atoms with Crippen LogP contribution in [0.4, 0.5) is 11.4 Å². The van der Waals surface area contributed by atoms with Crippen molar-refractivity contribution in [3.63, 3.8) is 0 Å². The monoisotopic (exact) mass is 854 g/mol. The predicted octanol–water partition coefficient (Wildman–Crippen LogP) is 11.1.